The predicted molar refractivity (Wildman–Crippen MR) is 33.7 cm³/mol. The number of fused-ring (bicyclic) bond motifs is 1. The van der Waals surface area contributed by atoms with Crippen LogP contribution in [0.25, 0.3) is 0 Å². The van der Waals surface area contributed by atoms with Gasteiger partial charge >= 0.3 is 0 Å². The van der Waals surface area contributed by atoms with Gasteiger partial charge in [0.25, 0.3) is 0 Å². The molecule has 1 saturated heterocycles. The molecule has 0 aromatic rings. The standard InChI is InChI=1S/C7H13N/c1-2-4-7-6(3-1)5-8-7/h6-8H,1-5H2. The summed E-state index contributed by atoms with van der Waals surface area (Å²) in [5, 5.41) is 3.45. The first-order chi connectivity index (χ1) is 3.97. The summed E-state index contributed by atoms with van der Waals surface area (Å²) in [4.78, 5) is 0. The molecule has 2 atom stereocenters. The molecule has 46 valence electrons. The van der Waals surface area contributed by atoms with Crippen molar-refractivity contribution in [3.8, 4) is 0 Å². The minimum Gasteiger partial charge on any atom is -0.313 e. The van der Waals surface area contributed by atoms with Gasteiger partial charge in [-0.05, 0) is 25.3 Å². The highest BCUT2D eigenvalue weighted by Gasteiger charge is 2.31. The van der Waals surface area contributed by atoms with Crippen molar-refractivity contribution in [1.82, 2.24) is 5.32 Å². The third-order valence-corrected chi connectivity index (χ3v) is 2.55. The number of rotatable bonds is 0. The molecule has 0 amide bonds. The van der Waals surface area contributed by atoms with Gasteiger partial charge in [0.15, 0.2) is 0 Å². The van der Waals surface area contributed by atoms with Gasteiger partial charge in [0, 0.05) is 6.04 Å². The van der Waals surface area contributed by atoms with E-state index in [1.807, 2.05) is 0 Å². The van der Waals surface area contributed by atoms with Gasteiger partial charge in [-0.2, -0.15) is 0 Å². The summed E-state index contributed by atoms with van der Waals surface area (Å²) in [6.07, 6.45) is 5.90. The fourth-order valence-electron chi connectivity index (χ4n) is 1.86. The molecular weight excluding hydrogens is 98.1 g/mol. The normalized spacial score (nSPS) is 45.0. The Morgan fingerprint density at radius 2 is 2.00 bits per heavy atom. The highest BCUT2D eigenvalue weighted by Crippen LogP contribution is 2.29. The summed E-state index contributed by atoms with van der Waals surface area (Å²) in [7, 11) is 0. The Morgan fingerprint density at radius 3 is 2.38 bits per heavy atom. The summed E-state index contributed by atoms with van der Waals surface area (Å²) < 4.78 is 0. The molecule has 2 rings (SSSR count). The van der Waals surface area contributed by atoms with Crippen LogP contribution in [-0.4, -0.2) is 12.6 Å². The summed E-state index contributed by atoms with van der Waals surface area (Å²) in [5.74, 6) is 1.07. The van der Waals surface area contributed by atoms with Crippen molar-refractivity contribution >= 4 is 0 Å². The first-order valence-electron chi connectivity index (χ1n) is 3.70. The zero-order valence-electron chi connectivity index (χ0n) is 5.19. The van der Waals surface area contributed by atoms with Gasteiger partial charge in [-0.1, -0.05) is 12.8 Å². The van der Waals surface area contributed by atoms with E-state index in [0.29, 0.717) is 0 Å². The molecule has 2 unspecified atom stereocenters. The molecule has 2 fully saturated rings. The zero-order valence-corrected chi connectivity index (χ0v) is 5.19. The molecule has 8 heavy (non-hydrogen) atoms. The predicted octanol–water partition coefficient (Wildman–Crippen LogP) is 1.15. The molecule has 1 N–H and O–H groups in total. The SMILES string of the molecule is C1CCC2NCC2C1. The first kappa shape index (κ1) is 4.80. The fraction of sp³-hybridized carbons (Fsp3) is 1.00. The van der Waals surface area contributed by atoms with Crippen molar-refractivity contribution in [2.45, 2.75) is 31.7 Å². The highest BCUT2D eigenvalue weighted by atomic mass is 15.0. The second kappa shape index (κ2) is 1.73. The monoisotopic (exact) mass is 111 g/mol. The van der Waals surface area contributed by atoms with E-state index in [9.17, 15) is 0 Å². The molecule has 0 aromatic carbocycles. The molecule has 0 radical (unpaired) electrons. The molecule has 1 aliphatic heterocycles. The van der Waals surface area contributed by atoms with Gasteiger partial charge in [0.2, 0.25) is 0 Å². The van der Waals surface area contributed by atoms with Gasteiger partial charge in [0.05, 0.1) is 0 Å². The Morgan fingerprint density at radius 1 is 1.12 bits per heavy atom. The van der Waals surface area contributed by atoms with E-state index < -0.39 is 0 Å². The third kappa shape index (κ3) is 0.576. The Labute approximate surface area is 50.5 Å². The van der Waals surface area contributed by atoms with E-state index in [0.717, 1.165) is 12.0 Å². The van der Waals surface area contributed by atoms with E-state index in [2.05, 4.69) is 5.32 Å². The van der Waals surface area contributed by atoms with Crippen LogP contribution in [0.1, 0.15) is 25.7 Å². The van der Waals surface area contributed by atoms with Crippen molar-refractivity contribution in [2.75, 3.05) is 6.54 Å². The molecule has 0 spiro atoms. The van der Waals surface area contributed by atoms with Crippen LogP contribution >= 0.6 is 0 Å². The molecular formula is C7H13N. The van der Waals surface area contributed by atoms with E-state index in [4.69, 9.17) is 0 Å². The second-order valence-corrected chi connectivity index (χ2v) is 3.06. The lowest BCUT2D eigenvalue weighted by Gasteiger charge is -2.41. The van der Waals surface area contributed by atoms with Crippen molar-refractivity contribution in [3.05, 3.63) is 0 Å². The summed E-state index contributed by atoms with van der Waals surface area (Å²) >= 11 is 0. The van der Waals surface area contributed by atoms with Crippen molar-refractivity contribution in [3.63, 3.8) is 0 Å². The maximum absolute atomic E-state index is 3.45. The van der Waals surface area contributed by atoms with E-state index in [1.54, 1.807) is 0 Å². The maximum Gasteiger partial charge on any atom is 0.0108 e. The van der Waals surface area contributed by atoms with E-state index in [1.165, 1.54) is 32.2 Å². The number of nitrogens with one attached hydrogen (secondary N) is 1. The van der Waals surface area contributed by atoms with Crippen LogP contribution in [-0.2, 0) is 0 Å². The lowest BCUT2D eigenvalue weighted by molar-refractivity contribution is 0.166. The molecule has 1 nitrogen and oxygen atoms in total. The third-order valence-electron chi connectivity index (χ3n) is 2.55. The van der Waals surface area contributed by atoms with Crippen molar-refractivity contribution < 1.29 is 0 Å². The number of hydrogen-bond donors (Lipinski definition) is 1. The van der Waals surface area contributed by atoms with Crippen LogP contribution in [0.3, 0.4) is 0 Å². The quantitative estimate of drug-likeness (QED) is 0.494. The van der Waals surface area contributed by atoms with Gasteiger partial charge in [0.1, 0.15) is 0 Å². The molecule has 1 aliphatic carbocycles. The average molecular weight is 111 g/mol. The summed E-state index contributed by atoms with van der Waals surface area (Å²) in [5.41, 5.74) is 0. The summed E-state index contributed by atoms with van der Waals surface area (Å²) in [6.45, 7) is 1.31. The van der Waals surface area contributed by atoms with Crippen molar-refractivity contribution in [1.29, 1.82) is 0 Å². The molecule has 1 heteroatoms. The van der Waals surface area contributed by atoms with Crippen LogP contribution in [0.2, 0.25) is 0 Å². The molecule has 1 saturated carbocycles. The zero-order chi connectivity index (χ0) is 5.40. The maximum atomic E-state index is 3.45. The molecule has 2 aliphatic rings. The smallest absolute Gasteiger partial charge is 0.0108 e. The van der Waals surface area contributed by atoms with Crippen LogP contribution in [0.15, 0.2) is 0 Å². The molecule has 1 heterocycles. The second-order valence-electron chi connectivity index (χ2n) is 3.06. The lowest BCUT2D eigenvalue weighted by atomic mass is 9.79. The summed E-state index contributed by atoms with van der Waals surface area (Å²) in [6, 6.07) is 0.934. The first-order valence-corrected chi connectivity index (χ1v) is 3.70. The lowest BCUT2D eigenvalue weighted by Crippen LogP contribution is -2.54. The van der Waals surface area contributed by atoms with Gasteiger partial charge < -0.3 is 5.32 Å². The van der Waals surface area contributed by atoms with E-state index in [-0.39, 0.29) is 0 Å². The van der Waals surface area contributed by atoms with Crippen LogP contribution in [0.5, 0.6) is 0 Å². The van der Waals surface area contributed by atoms with Crippen molar-refractivity contribution in [2.24, 2.45) is 5.92 Å². The minimum absolute atomic E-state index is 0.934. The minimum atomic E-state index is 0.934. The Hall–Kier alpha value is -0.0400. The Bertz CT molecular complexity index is 78.4. The fourth-order valence-corrected chi connectivity index (χ4v) is 1.86. The Balaban J connectivity index is 1.92. The van der Waals surface area contributed by atoms with Crippen LogP contribution < -0.4 is 5.32 Å². The van der Waals surface area contributed by atoms with Crippen LogP contribution in [0.4, 0.5) is 0 Å². The van der Waals surface area contributed by atoms with Gasteiger partial charge in [-0.15, -0.1) is 0 Å². The van der Waals surface area contributed by atoms with Gasteiger partial charge in [-0.3, -0.25) is 0 Å². The molecule has 0 aromatic heterocycles. The molecule has 0 bridgehead atoms. The topological polar surface area (TPSA) is 12.0 Å². The Kier molecular flexibility index (Phi) is 1.04. The van der Waals surface area contributed by atoms with Gasteiger partial charge in [-0.25, -0.2) is 0 Å². The van der Waals surface area contributed by atoms with Crippen LogP contribution in [0, 0.1) is 5.92 Å². The highest BCUT2D eigenvalue weighted by molar-refractivity contribution is 4.90. The number of hydrogen-bond acceptors (Lipinski definition) is 1. The van der Waals surface area contributed by atoms with E-state index >= 15 is 0 Å². The largest absolute Gasteiger partial charge is 0.313 e. The average Bonchev–Trinajstić information content (AvgIpc) is 1.72.